The Balaban J connectivity index is 1.34. The molecule has 6 nitrogen and oxygen atoms in total. The van der Waals surface area contributed by atoms with E-state index in [9.17, 15) is 4.79 Å². The van der Waals surface area contributed by atoms with Crippen LogP contribution >= 0.6 is 0 Å². The van der Waals surface area contributed by atoms with Crippen LogP contribution in [0.15, 0.2) is 36.7 Å². The molecule has 0 spiro atoms. The second-order valence-corrected chi connectivity index (χ2v) is 7.54. The Morgan fingerprint density at radius 1 is 1.42 bits per heavy atom. The van der Waals surface area contributed by atoms with E-state index in [1.54, 1.807) is 7.11 Å². The van der Waals surface area contributed by atoms with E-state index in [1.165, 1.54) is 0 Å². The van der Waals surface area contributed by atoms with Gasteiger partial charge in [-0.1, -0.05) is 12.1 Å². The quantitative estimate of drug-likeness (QED) is 0.867. The van der Waals surface area contributed by atoms with Gasteiger partial charge in [-0.25, -0.2) is 9.78 Å². The van der Waals surface area contributed by atoms with Gasteiger partial charge in [-0.3, -0.25) is 0 Å². The summed E-state index contributed by atoms with van der Waals surface area (Å²) >= 11 is 0. The SMILES string of the molecule is COc1cccc([C@@H]2CCN2C(=O)NCC2(Cn3ccnc3C)CC2)c1. The number of nitrogens with zero attached hydrogens (tertiary/aromatic N) is 3. The molecule has 1 N–H and O–H groups in total. The number of ether oxygens (including phenoxy) is 1. The van der Waals surface area contributed by atoms with E-state index in [-0.39, 0.29) is 17.5 Å². The fourth-order valence-electron chi connectivity index (χ4n) is 3.69. The summed E-state index contributed by atoms with van der Waals surface area (Å²) in [5, 5.41) is 3.17. The van der Waals surface area contributed by atoms with Crippen molar-refractivity contribution in [2.75, 3.05) is 20.2 Å². The summed E-state index contributed by atoms with van der Waals surface area (Å²) in [4.78, 5) is 18.9. The Labute approximate surface area is 154 Å². The minimum Gasteiger partial charge on any atom is -0.497 e. The normalized spacial score (nSPS) is 20.4. The number of nitrogens with one attached hydrogen (secondary N) is 1. The van der Waals surface area contributed by atoms with Gasteiger partial charge >= 0.3 is 6.03 Å². The third kappa shape index (κ3) is 3.28. The first-order valence-electron chi connectivity index (χ1n) is 9.26. The molecule has 1 aromatic heterocycles. The van der Waals surface area contributed by atoms with Crippen molar-refractivity contribution in [3.8, 4) is 5.75 Å². The molecule has 2 aromatic rings. The molecule has 6 heteroatoms. The predicted molar refractivity (Wildman–Crippen MR) is 99.1 cm³/mol. The third-order valence-corrected chi connectivity index (χ3v) is 5.76. The molecule has 138 valence electrons. The fourth-order valence-corrected chi connectivity index (χ4v) is 3.69. The number of urea groups is 1. The van der Waals surface area contributed by atoms with Crippen molar-refractivity contribution in [1.82, 2.24) is 19.8 Å². The molecule has 0 unspecified atom stereocenters. The number of rotatable bonds is 6. The number of hydrogen-bond donors (Lipinski definition) is 1. The molecule has 4 rings (SSSR count). The van der Waals surface area contributed by atoms with Crippen LogP contribution in [0.2, 0.25) is 0 Å². The number of carbonyl (C=O) groups is 1. The zero-order valence-corrected chi connectivity index (χ0v) is 15.4. The fraction of sp³-hybridized carbons (Fsp3) is 0.500. The third-order valence-electron chi connectivity index (χ3n) is 5.76. The maximum atomic E-state index is 12.7. The number of methoxy groups -OCH3 is 1. The van der Waals surface area contributed by atoms with Gasteiger partial charge in [-0.05, 0) is 43.9 Å². The van der Waals surface area contributed by atoms with E-state index >= 15 is 0 Å². The smallest absolute Gasteiger partial charge is 0.317 e. The van der Waals surface area contributed by atoms with E-state index in [2.05, 4.69) is 20.9 Å². The molecule has 2 fully saturated rings. The van der Waals surface area contributed by atoms with Crippen molar-refractivity contribution < 1.29 is 9.53 Å². The van der Waals surface area contributed by atoms with Crippen LogP contribution in [0.3, 0.4) is 0 Å². The molecular weight excluding hydrogens is 328 g/mol. The molecule has 26 heavy (non-hydrogen) atoms. The van der Waals surface area contributed by atoms with E-state index in [0.717, 1.165) is 56.0 Å². The van der Waals surface area contributed by atoms with Gasteiger partial charge in [0.2, 0.25) is 0 Å². The molecule has 2 amide bonds. The van der Waals surface area contributed by atoms with Gasteiger partial charge in [0, 0.05) is 37.4 Å². The molecule has 0 bridgehead atoms. The lowest BCUT2D eigenvalue weighted by atomic mass is 9.95. The predicted octanol–water partition coefficient (Wildman–Crippen LogP) is 3.14. The number of carbonyl (C=O) groups excluding carboxylic acids is 1. The number of imidazole rings is 1. The zero-order valence-electron chi connectivity index (χ0n) is 15.4. The Hall–Kier alpha value is -2.50. The lowest BCUT2D eigenvalue weighted by Gasteiger charge is -2.41. The van der Waals surface area contributed by atoms with Gasteiger partial charge < -0.3 is 19.5 Å². The van der Waals surface area contributed by atoms with E-state index in [1.807, 2.05) is 42.4 Å². The first-order valence-corrected chi connectivity index (χ1v) is 9.26. The Morgan fingerprint density at radius 3 is 2.88 bits per heavy atom. The summed E-state index contributed by atoms with van der Waals surface area (Å²) in [5.41, 5.74) is 1.33. The van der Waals surface area contributed by atoms with Crippen LogP contribution in [-0.2, 0) is 6.54 Å². The van der Waals surface area contributed by atoms with Crippen molar-refractivity contribution in [3.05, 3.63) is 48.0 Å². The van der Waals surface area contributed by atoms with Gasteiger partial charge in [0.1, 0.15) is 11.6 Å². The Morgan fingerprint density at radius 2 is 2.27 bits per heavy atom. The van der Waals surface area contributed by atoms with E-state index in [0.29, 0.717) is 0 Å². The molecule has 1 aliphatic carbocycles. The number of benzene rings is 1. The van der Waals surface area contributed by atoms with Crippen LogP contribution in [0.1, 0.15) is 36.7 Å². The molecule has 1 saturated heterocycles. The monoisotopic (exact) mass is 354 g/mol. The van der Waals surface area contributed by atoms with Crippen LogP contribution in [0.5, 0.6) is 5.75 Å². The second-order valence-electron chi connectivity index (χ2n) is 7.54. The van der Waals surface area contributed by atoms with Gasteiger partial charge in [0.25, 0.3) is 0 Å². The Bertz CT molecular complexity index is 797. The molecule has 1 saturated carbocycles. The highest BCUT2D eigenvalue weighted by Crippen LogP contribution is 2.47. The molecular formula is C20H26N4O2. The molecule has 1 aromatic carbocycles. The van der Waals surface area contributed by atoms with Gasteiger partial charge in [-0.15, -0.1) is 0 Å². The minimum absolute atomic E-state index is 0.0395. The highest BCUT2D eigenvalue weighted by atomic mass is 16.5. The summed E-state index contributed by atoms with van der Waals surface area (Å²) in [6, 6.07) is 8.19. The van der Waals surface area contributed by atoms with Crippen molar-refractivity contribution in [2.24, 2.45) is 5.41 Å². The highest BCUT2D eigenvalue weighted by molar-refractivity contribution is 5.75. The molecule has 1 atom stereocenters. The van der Waals surface area contributed by atoms with Crippen molar-refractivity contribution in [1.29, 1.82) is 0 Å². The number of hydrogen-bond acceptors (Lipinski definition) is 3. The largest absolute Gasteiger partial charge is 0.497 e. The van der Waals surface area contributed by atoms with Gasteiger partial charge in [0.05, 0.1) is 13.2 Å². The standard InChI is InChI=1S/C20H26N4O2/c1-15-21-9-11-23(15)14-20(7-8-20)13-22-19(25)24-10-6-18(24)16-4-3-5-17(12-16)26-2/h3-5,9,11-12,18H,6-8,10,13-14H2,1-2H3,(H,22,25)/t18-/m0/s1. The molecule has 0 radical (unpaired) electrons. The molecule has 2 heterocycles. The van der Waals surface area contributed by atoms with Crippen LogP contribution < -0.4 is 10.1 Å². The number of likely N-dealkylation sites (tertiary alicyclic amines) is 1. The topological polar surface area (TPSA) is 59.4 Å². The summed E-state index contributed by atoms with van der Waals surface area (Å²) < 4.78 is 7.49. The lowest BCUT2D eigenvalue weighted by Crippen LogP contribution is -2.51. The van der Waals surface area contributed by atoms with E-state index in [4.69, 9.17) is 4.74 Å². The second kappa shape index (κ2) is 6.67. The summed E-state index contributed by atoms with van der Waals surface area (Å²) in [6.07, 6.45) is 7.17. The van der Waals surface area contributed by atoms with Gasteiger partial charge in [-0.2, -0.15) is 0 Å². The zero-order chi connectivity index (χ0) is 18.1. The van der Waals surface area contributed by atoms with Crippen molar-refractivity contribution in [2.45, 2.75) is 38.8 Å². The Kier molecular flexibility index (Phi) is 4.34. The summed E-state index contributed by atoms with van der Waals surface area (Å²) in [6.45, 7) is 4.48. The van der Waals surface area contributed by atoms with Crippen molar-refractivity contribution in [3.63, 3.8) is 0 Å². The molecule has 1 aliphatic heterocycles. The van der Waals surface area contributed by atoms with Crippen molar-refractivity contribution >= 4 is 6.03 Å². The number of aryl methyl sites for hydroxylation is 1. The first-order chi connectivity index (χ1) is 12.6. The van der Waals surface area contributed by atoms with Gasteiger partial charge in [0.15, 0.2) is 0 Å². The summed E-state index contributed by atoms with van der Waals surface area (Å²) in [5.74, 6) is 1.87. The van der Waals surface area contributed by atoms with E-state index < -0.39 is 0 Å². The minimum atomic E-state index is 0.0395. The number of aromatic nitrogens is 2. The lowest BCUT2D eigenvalue weighted by molar-refractivity contribution is 0.113. The molecule has 2 aliphatic rings. The average molecular weight is 354 g/mol. The average Bonchev–Trinajstić information content (AvgIpc) is 3.27. The van der Waals surface area contributed by atoms with Crippen LogP contribution in [0.4, 0.5) is 4.79 Å². The van der Waals surface area contributed by atoms with Crippen LogP contribution in [0.25, 0.3) is 0 Å². The number of amides is 2. The maximum absolute atomic E-state index is 12.7. The summed E-state index contributed by atoms with van der Waals surface area (Å²) in [7, 11) is 1.67. The first kappa shape index (κ1) is 16.9. The van der Waals surface area contributed by atoms with Crippen LogP contribution in [0, 0.1) is 12.3 Å². The maximum Gasteiger partial charge on any atom is 0.317 e. The highest BCUT2D eigenvalue weighted by Gasteiger charge is 2.44. The van der Waals surface area contributed by atoms with Crippen LogP contribution in [-0.4, -0.2) is 40.7 Å².